The molecule has 0 saturated carbocycles. The number of nitrogens with zero attached hydrogens (tertiary/aromatic N) is 3. The highest BCUT2D eigenvalue weighted by Crippen LogP contribution is 2.23. The van der Waals surface area contributed by atoms with Gasteiger partial charge in [-0.05, 0) is 18.2 Å². The fourth-order valence-corrected chi connectivity index (χ4v) is 1.17. The molecule has 1 aromatic heterocycles. The van der Waals surface area contributed by atoms with E-state index in [0.29, 0.717) is 5.69 Å². The van der Waals surface area contributed by atoms with Gasteiger partial charge in [-0.2, -0.15) is 0 Å². The van der Waals surface area contributed by atoms with Gasteiger partial charge in [0.05, 0.1) is 10.9 Å². The number of fused-ring (bicyclic) bond motifs is 1. The Kier molecular flexibility index (Phi) is 2.78. The third-order valence-corrected chi connectivity index (χ3v) is 1.73. The van der Waals surface area contributed by atoms with Crippen LogP contribution in [0.3, 0.4) is 0 Å². The summed E-state index contributed by atoms with van der Waals surface area (Å²) in [7, 11) is 0. The van der Waals surface area contributed by atoms with Crippen molar-refractivity contribution in [3.05, 3.63) is 41.5 Å². The van der Waals surface area contributed by atoms with Gasteiger partial charge >= 0.3 is 5.69 Å². The molecule has 0 aliphatic carbocycles. The number of rotatable bonds is 0. The zero-order chi connectivity index (χ0) is 8.39. The van der Waals surface area contributed by atoms with Crippen LogP contribution in [0.5, 0.6) is 0 Å². The van der Waals surface area contributed by atoms with Crippen LogP contribution in [0, 0.1) is 5.39 Å². The summed E-state index contributed by atoms with van der Waals surface area (Å²) in [4.78, 5) is 7.28. The minimum absolute atomic E-state index is 0. The second kappa shape index (κ2) is 3.83. The molecule has 0 radical (unpaired) electrons. The smallest absolute Gasteiger partial charge is 0.394 e. The van der Waals surface area contributed by atoms with Gasteiger partial charge in [0.25, 0.3) is 0 Å². The number of diazo groups is 1. The largest absolute Gasteiger partial charge is 1.00 e. The molecule has 0 aliphatic rings. The van der Waals surface area contributed by atoms with Crippen molar-refractivity contribution >= 4 is 16.6 Å². The van der Waals surface area contributed by atoms with Crippen LogP contribution >= 0.6 is 0 Å². The maximum atomic E-state index is 8.63. The standard InChI is InChI=1S/C9H6N3.ClH/c10-12-9-5-1-4-8-7(9)3-2-6-11-8;/h1-6H;1H/q+1;/p-1. The third-order valence-electron chi connectivity index (χ3n) is 1.73. The Bertz CT molecular complexity index is 456. The number of benzene rings is 1. The molecule has 3 nitrogen and oxygen atoms in total. The van der Waals surface area contributed by atoms with Gasteiger partial charge in [0.1, 0.15) is 0 Å². The molecule has 1 heterocycles. The van der Waals surface area contributed by atoms with Gasteiger partial charge in [-0.25, -0.2) is 0 Å². The maximum absolute atomic E-state index is 8.63. The first kappa shape index (κ1) is 9.43. The predicted molar refractivity (Wildman–Crippen MR) is 46.5 cm³/mol. The number of halogens is 1. The lowest BCUT2D eigenvalue weighted by Crippen LogP contribution is -3.00. The number of hydrogen-bond donors (Lipinski definition) is 0. The molecule has 0 bridgehead atoms. The van der Waals surface area contributed by atoms with Crippen LogP contribution in [0.4, 0.5) is 5.69 Å². The third kappa shape index (κ3) is 1.58. The lowest BCUT2D eigenvalue weighted by Gasteiger charge is -1.89. The van der Waals surface area contributed by atoms with E-state index < -0.39 is 0 Å². The molecule has 1 aromatic carbocycles. The first-order valence-corrected chi connectivity index (χ1v) is 3.60. The lowest BCUT2D eigenvalue weighted by atomic mass is 10.2. The average Bonchev–Trinajstić information content (AvgIpc) is 2.17. The Morgan fingerprint density at radius 2 is 2.00 bits per heavy atom. The maximum Gasteiger partial charge on any atom is 0.394 e. The van der Waals surface area contributed by atoms with Gasteiger partial charge in [-0.15, -0.1) is 0 Å². The molecule has 13 heavy (non-hydrogen) atoms. The van der Waals surface area contributed by atoms with Gasteiger partial charge in [0.2, 0.25) is 5.39 Å². The molecule has 2 rings (SSSR count). The van der Waals surface area contributed by atoms with E-state index in [-0.39, 0.29) is 12.4 Å². The van der Waals surface area contributed by atoms with Crippen molar-refractivity contribution in [3.63, 3.8) is 0 Å². The number of hydrogen-bond acceptors (Lipinski definition) is 2. The molecule has 64 valence electrons. The van der Waals surface area contributed by atoms with Crippen LogP contribution in [0.1, 0.15) is 0 Å². The van der Waals surface area contributed by atoms with Crippen LogP contribution < -0.4 is 12.4 Å². The van der Waals surface area contributed by atoms with Crippen molar-refractivity contribution in [3.8, 4) is 0 Å². The molecular weight excluding hydrogens is 186 g/mol. The fourth-order valence-electron chi connectivity index (χ4n) is 1.17. The molecule has 0 spiro atoms. The number of aromatic nitrogens is 1. The zero-order valence-electron chi connectivity index (χ0n) is 6.68. The summed E-state index contributed by atoms with van der Waals surface area (Å²) in [5.41, 5.74) is 1.40. The van der Waals surface area contributed by atoms with Gasteiger partial charge < -0.3 is 12.4 Å². The van der Waals surface area contributed by atoms with Crippen molar-refractivity contribution < 1.29 is 12.4 Å². The zero-order valence-corrected chi connectivity index (χ0v) is 7.44. The molecule has 0 amide bonds. The summed E-state index contributed by atoms with van der Waals surface area (Å²) < 4.78 is 0. The van der Waals surface area contributed by atoms with Crippen LogP contribution in [0.25, 0.3) is 15.9 Å². The van der Waals surface area contributed by atoms with Crippen molar-refractivity contribution in [2.75, 3.05) is 0 Å². The van der Waals surface area contributed by atoms with Crippen LogP contribution in [-0.4, -0.2) is 4.98 Å². The molecule has 0 saturated heterocycles. The average molecular weight is 192 g/mol. The topological polar surface area (TPSA) is 41.0 Å². The highest BCUT2D eigenvalue weighted by Gasteiger charge is 2.09. The summed E-state index contributed by atoms with van der Waals surface area (Å²) in [6.45, 7) is 0. The van der Waals surface area contributed by atoms with E-state index in [1.165, 1.54) is 0 Å². The molecule has 0 unspecified atom stereocenters. The first-order chi connectivity index (χ1) is 5.92. The Hall–Kier alpha value is -1.66. The SMILES string of the molecule is N#[N+]c1cccc2ncccc12.[Cl-]. The van der Waals surface area contributed by atoms with Gasteiger partial charge in [0, 0.05) is 12.3 Å². The monoisotopic (exact) mass is 191 g/mol. The van der Waals surface area contributed by atoms with Crippen molar-refractivity contribution in [1.82, 2.24) is 4.98 Å². The molecule has 0 atom stereocenters. The summed E-state index contributed by atoms with van der Waals surface area (Å²) in [6, 6.07) is 9.12. The number of pyridine rings is 1. The van der Waals surface area contributed by atoms with Crippen molar-refractivity contribution in [1.29, 1.82) is 5.39 Å². The predicted octanol–water partition coefficient (Wildman–Crippen LogP) is -0.277. The minimum Gasteiger partial charge on any atom is -1.00 e. The van der Waals surface area contributed by atoms with Crippen molar-refractivity contribution in [2.24, 2.45) is 0 Å². The lowest BCUT2D eigenvalue weighted by molar-refractivity contribution is -0.00000264. The van der Waals surface area contributed by atoms with E-state index in [0.717, 1.165) is 10.9 Å². The van der Waals surface area contributed by atoms with E-state index in [1.54, 1.807) is 12.3 Å². The molecule has 4 heteroatoms. The summed E-state index contributed by atoms with van der Waals surface area (Å²) in [5, 5.41) is 9.50. The van der Waals surface area contributed by atoms with Gasteiger partial charge in [-0.1, -0.05) is 6.07 Å². The molecule has 0 aliphatic heterocycles. The molecule has 0 N–H and O–H groups in total. The first-order valence-electron chi connectivity index (χ1n) is 3.60. The molecule has 2 aromatic rings. The normalized spacial score (nSPS) is 8.85. The molecular formula is C9H6ClN3. The second-order valence-electron chi connectivity index (χ2n) is 2.45. The fraction of sp³-hybridized carbons (Fsp3) is 0. The van der Waals surface area contributed by atoms with E-state index in [1.807, 2.05) is 24.3 Å². The van der Waals surface area contributed by atoms with Crippen molar-refractivity contribution in [2.45, 2.75) is 0 Å². The summed E-state index contributed by atoms with van der Waals surface area (Å²) in [5.74, 6) is 0. The van der Waals surface area contributed by atoms with Crippen LogP contribution in [0.15, 0.2) is 36.5 Å². The van der Waals surface area contributed by atoms with Crippen LogP contribution in [0.2, 0.25) is 0 Å². The highest BCUT2D eigenvalue weighted by molar-refractivity contribution is 5.91. The Morgan fingerprint density at radius 1 is 1.15 bits per heavy atom. The van der Waals surface area contributed by atoms with E-state index in [2.05, 4.69) is 9.96 Å². The minimum atomic E-state index is 0. The van der Waals surface area contributed by atoms with Crippen LogP contribution in [-0.2, 0) is 0 Å². The molecule has 0 fully saturated rings. The summed E-state index contributed by atoms with van der Waals surface area (Å²) >= 11 is 0. The van der Waals surface area contributed by atoms with E-state index in [4.69, 9.17) is 5.39 Å². The Morgan fingerprint density at radius 3 is 2.77 bits per heavy atom. The van der Waals surface area contributed by atoms with E-state index in [9.17, 15) is 0 Å². The van der Waals surface area contributed by atoms with Gasteiger partial charge in [-0.3, -0.25) is 4.98 Å². The Labute approximate surface area is 81.4 Å². The summed E-state index contributed by atoms with van der Waals surface area (Å²) in [6.07, 6.45) is 1.71. The van der Waals surface area contributed by atoms with Gasteiger partial charge in [0.15, 0.2) is 4.98 Å². The quantitative estimate of drug-likeness (QED) is 0.538. The van der Waals surface area contributed by atoms with E-state index >= 15 is 0 Å². The second-order valence-corrected chi connectivity index (χ2v) is 2.45. The Balaban J connectivity index is 0.000000845. The highest BCUT2D eigenvalue weighted by atomic mass is 35.5.